The zero-order valence-corrected chi connectivity index (χ0v) is 12.9. The van der Waals surface area contributed by atoms with Crippen LogP contribution in [-0.2, 0) is 0 Å². The van der Waals surface area contributed by atoms with Gasteiger partial charge in [-0.2, -0.15) is 0 Å². The van der Waals surface area contributed by atoms with Crippen molar-refractivity contribution in [2.45, 2.75) is 46.1 Å². The predicted molar refractivity (Wildman–Crippen MR) is 82.5 cm³/mol. The monoisotopic (exact) mass is 277 g/mol. The minimum atomic E-state index is 0.339. The Hall–Kier alpha value is -1.22. The molecule has 3 heteroatoms. The largest absolute Gasteiger partial charge is 0.486 e. The average Bonchev–Trinajstić information content (AvgIpc) is 2.48. The maximum Gasteiger partial charge on any atom is 0.166 e. The second-order valence-electron chi connectivity index (χ2n) is 5.57. The van der Waals surface area contributed by atoms with Gasteiger partial charge < -0.3 is 14.8 Å². The molecule has 2 atom stereocenters. The fourth-order valence-corrected chi connectivity index (χ4v) is 2.88. The number of para-hydroxylation sites is 1. The Morgan fingerprint density at radius 3 is 2.70 bits per heavy atom. The molecule has 0 amide bonds. The van der Waals surface area contributed by atoms with Gasteiger partial charge in [0.25, 0.3) is 0 Å². The molecule has 0 saturated carbocycles. The molecule has 0 aliphatic carbocycles. The minimum Gasteiger partial charge on any atom is -0.486 e. The predicted octanol–water partition coefficient (Wildman–Crippen LogP) is 3.93. The first-order valence-electron chi connectivity index (χ1n) is 7.89. The van der Waals surface area contributed by atoms with Gasteiger partial charge in [-0.15, -0.1) is 0 Å². The van der Waals surface area contributed by atoms with Crippen LogP contribution in [0.4, 0.5) is 0 Å². The van der Waals surface area contributed by atoms with Crippen LogP contribution >= 0.6 is 0 Å². The van der Waals surface area contributed by atoms with Gasteiger partial charge in [0.05, 0.1) is 0 Å². The van der Waals surface area contributed by atoms with Crippen molar-refractivity contribution in [3.63, 3.8) is 0 Å². The lowest BCUT2D eigenvalue weighted by molar-refractivity contribution is 0.167. The fraction of sp³-hybridized carbons (Fsp3) is 0.647. The topological polar surface area (TPSA) is 30.5 Å². The first kappa shape index (κ1) is 15.2. The van der Waals surface area contributed by atoms with Crippen molar-refractivity contribution in [2.24, 2.45) is 5.92 Å². The Bertz CT molecular complexity index is 419. The molecule has 2 unspecified atom stereocenters. The molecular weight excluding hydrogens is 250 g/mol. The summed E-state index contributed by atoms with van der Waals surface area (Å²) in [6.45, 7) is 9.09. The number of nitrogens with one attached hydrogen (secondary N) is 1. The molecule has 2 rings (SSSR count). The van der Waals surface area contributed by atoms with E-state index < -0.39 is 0 Å². The molecule has 0 fully saturated rings. The number of benzene rings is 1. The maximum absolute atomic E-state index is 5.88. The van der Waals surface area contributed by atoms with E-state index >= 15 is 0 Å². The molecule has 0 radical (unpaired) electrons. The normalized spacial score (nSPS) is 16.8. The highest BCUT2D eigenvalue weighted by molar-refractivity contribution is 5.49. The van der Waals surface area contributed by atoms with Gasteiger partial charge in [0.15, 0.2) is 11.5 Å². The Morgan fingerprint density at radius 1 is 1.15 bits per heavy atom. The number of hydrogen-bond acceptors (Lipinski definition) is 3. The third-order valence-corrected chi connectivity index (χ3v) is 3.86. The minimum absolute atomic E-state index is 0.339. The van der Waals surface area contributed by atoms with Gasteiger partial charge in [0.2, 0.25) is 0 Å². The Balaban J connectivity index is 2.27. The first-order valence-corrected chi connectivity index (χ1v) is 7.89. The summed E-state index contributed by atoms with van der Waals surface area (Å²) < 4.78 is 11.6. The van der Waals surface area contributed by atoms with Crippen LogP contribution in [-0.4, -0.2) is 19.8 Å². The molecule has 0 bridgehead atoms. The summed E-state index contributed by atoms with van der Waals surface area (Å²) in [5, 5.41) is 3.68. The molecule has 1 aliphatic heterocycles. The zero-order valence-electron chi connectivity index (χ0n) is 12.9. The highest BCUT2D eigenvalue weighted by Gasteiger charge is 2.25. The Labute approximate surface area is 122 Å². The fourth-order valence-electron chi connectivity index (χ4n) is 2.88. The lowest BCUT2D eigenvalue weighted by Crippen LogP contribution is -2.29. The summed E-state index contributed by atoms with van der Waals surface area (Å²) in [6, 6.07) is 6.58. The van der Waals surface area contributed by atoms with Gasteiger partial charge in [-0.1, -0.05) is 39.3 Å². The van der Waals surface area contributed by atoms with Crippen LogP contribution in [0.3, 0.4) is 0 Å². The SMILES string of the molecule is CCCNC(c1cccc2c1OCCO2)C(C)CCC. The van der Waals surface area contributed by atoms with E-state index in [0.29, 0.717) is 25.2 Å². The molecule has 1 aromatic carbocycles. The smallest absolute Gasteiger partial charge is 0.166 e. The molecule has 0 spiro atoms. The van der Waals surface area contributed by atoms with E-state index in [0.717, 1.165) is 24.5 Å². The van der Waals surface area contributed by atoms with Crippen LogP contribution in [0.15, 0.2) is 18.2 Å². The Kier molecular flexibility index (Phi) is 5.72. The lowest BCUT2D eigenvalue weighted by atomic mass is 9.90. The van der Waals surface area contributed by atoms with Crippen LogP contribution in [0.2, 0.25) is 0 Å². The Morgan fingerprint density at radius 2 is 1.95 bits per heavy atom. The van der Waals surface area contributed by atoms with Gasteiger partial charge in [0, 0.05) is 11.6 Å². The van der Waals surface area contributed by atoms with E-state index in [1.165, 1.54) is 18.4 Å². The van der Waals surface area contributed by atoms with Crippen LogP contribution in [0, 0.1) is 5.92 Å². The highest BCUT2D eigenvalue weighted by atomic mass is 16.6. The van der Waals surface area contributed by atoms with Gasteiger partial charge in [-0.25, -0.2) is 0 Å². The summed E-state index contributed by atoms with van der Waals surface area (Å²) in [7, 11) is 0. The van der Waals surface area contributed by atoms with Crippen molar-refractivity contribution in [3.8, 4) is 11.5 Å². The van der Waals surface area contributed by atoms with E-state index in [2.05, 4.69) is 38.2 Å². The van der Waals surface area contributed by atoms with Crippen molar-refractivity contribution in [2.75, 3.05) is 19.8 Å². The van der Waals surface area contributed by atoms with Crippen molar-refractivity contribution < 1.29 is 9.47 Å². The molecule has 112 valence electrons. The summed E-state index contributed by atoms with van der Waals surface area (Å²) in [4.78, 5) is 0. The third-order valence-electron chi connectivity index (χ3n) is 3.86. The molecule has 0 aromatic heterocycles. The zero-order chi connectivity index (χ0) is 14.4. The molecule has 3 nitrogen and oxygen atoms in total. The van der Waals surface area contributed by atoms with Gasteiger partial charge in [-0.05, 0) is 31.4 Å². The third kappa shape index (κ3) is 3.45. The van der Waals surface area contributed by atoms with Crippen LogP contribution in [0.25, 0.3) is 0 Å². The molecule has 0 saturated heterocycles. The van der Waals surface area contributed by atoms with E-state index in [1.807, 2.05) is 6.07 Å². The summed E-state index contributed by atoms with van der Waals surface area (Å²) in [5.41, 5.74) is 1.25. The van der Waals surface area contributed by atoms with Crippen LogP contribution in [0.5, 0.6) is 11.5 Å². The second-order valence-corrected chi connectivity index (χ2v) is 5.57. The number of rotatable bonds is 7. The lowest BCUT2D eigenvalue weighted by Gasteiger charge is -2.29. The first-order chi connectivity index (χ1) is 9.77. The molecular formula is C17H27NO2. The standard InChI is InChI=1S/C17H27NO2/c1-4-7-13(3)16(18-10-5-2)14-8-6-9-15-17(14)20-12-11-19-15/h6,8-9,13,16,18H,4-5,7,10-12H2,1-3H3. The van der Waals surface area contributed by atoms with Crippen molar-refractivity contribution >= 4 is 0 Å². The quantitative estimate of drug-likeness (QED) is 0.819. The van der Waals surface area contributed by atoms with Gasteiger partial charge >= 0.3 is 0 Å². The number of ether oxygens (including phenoxy) is 2. The van der Waals surface area contributed by atoms with Crippen molar-refractivity contribution in [1.29, 1.82) is 0 Å². The van der Waals surface area contributed by atoms with E-state index in [4.69, 9.17) is 9.47 Å². The second kappa shape index (κ2) is 7.53. The number of hydrogen-bond donors (Lipinski definition) is 1. The van der Waals surface area contributed by atoms with Crippen LogP contribution in [0.1, 0.15) is 51.6 Å². The molecule has 1 aliphatic rings. The summed E-state index contributed by atoms with van der Waals surface area (Å²) in [6.07, 6.45) is 3.56. The van der Waals surface area contributed by atoms with Gasteiger partial charge in [0.1, 0.15) is 13.2 Å². The highest BCUT2D eigenvalue weighted by Crippen LogP contribution is 2.39. The number of fused-ring (bicyclic) bond motifs is 1. The average molecular weight is 277 g/mol. The summed E-state index contributed by atoms with van der Waals surface area (Å²) >= 11 is 0. The van der Waals surface area contributed by atoms with Crippen molar-refractivity contribution in [3.05, 3.63) is 23.8 Å². The summed E-state index contributed by atoms with van der Waals surface area (Å²) in [5.74, 6) is 2.42. The molecule has 1 aromatic rings. The van der Waals surface area contributed by atoms with E-state index in [9.17, 15) is 0 Å². The van der Waals surface area contributed by atoms with E-state index in [1.54, 1.807) is 0 Å². The van der Waals surface area contributed by atoms with E-state index in [-0.39, 0.29) is 0 Å². The molecule has 20 heavy (non-hydrogen) atoms. The maximum atomic E-state index is 5.88. The molecule has 1 heterocycles. The van der Waals surface area contributed by atoms with Crippen LogP contribution < -0.4 is 14.8 Å². The van der Waals surface area contributed by atoms with Gasteiger partial charge in [-0.3, -0.25) is 0 Å². The molecule has 1 N–H and O–H groups in total. The van der Waals surface area contributed by atoms with Crippen molar-refractivity contribution in [1.82, 2.24) is 5.32 Å².